The highest BCUT2D eigenvalue weighted by atomic mass is 32.1. The molecule has 1 aromatic rings. The van der Waals surface area contributed by atoms with Crippen molar-refractivity contribution in [3.63, 3.8) is 0 Å². The first-order chi connectivity index (χ1) is 11.2. The Bertz CT molecular complexity index is 465. The van der Waals surface area contributed by atoms with E-state index in [0.29, 0.717) is 12.1 Å². The number of aryl methyl sites for hydroxylation is 1. The third kappa shape index (κ3) is 5.52. The molecule has 130 valence electrons. The summed E-state index contributed by atoms with van der Waals surface area (Å²) in [5.41, 5.74) is 1.24. The van der Waals surface area contributed by atoms with Gasteiger partial charge in [-0.15, -0.1) is 11.3 Å². The lowest BCUT2D eigenvalue weighted by molar-refractivity contribution is 0.0948. The summed E-state index contributed by atoms with van der Waals surface area (Å²) in [6.45, 7) is 9.98. The predicted molar refractivity (Wildman–Crippen MR) is 95.9 cm³/mol. The van der Waals surface area contributed by atoms with Crippen LogP contribution in [0.1, 0.15) is 49.7 Å². The number of hydrogen-bond acceptors (Lipinski definition) is 5. The largest absolute Gasteiger partial charge is 0.378 e. The maximum atomic E-state index is 5.74. The molecule has 3 heterocycles. The number of thiazole rings is 1. The zero-order valence-electron chi connectivity index (χ0n) is 14.6. The van der Waals surface area contributed by atoms with Crippen LogP contribution in [0, 0.1) is 12.8 Å². The van der Waals surface area contributed by atoms with Crippen molar-refractivity contribution in [2.45, 2.75) is 64.6 Å². The monoisotopic (exact) mass is 337 g/mol. The standard InChI is InChI=1S/C18H31N3OS/c1-14(10-18-4-3-9-22-18)19-11-16-5-7-21(8-6-16)12-17-13-23-15(2)20-17/h13-14,16,18-19H,3-12H2,1-2H3/t14-,18-/m1/s1. The molecule has 0 aliphatic carbocycles. The SMILES string of the molecule is Cc1nc(CN2CCC(CN[C@H](C)C[C@H]3CCCO3)CC2)cs1. The van der Waals surface area contributed by atoms with Crippen LogP contribution in [0.3, 0.4) is 0 Å². The highest BCUT2D eigenvalue weighted by molar-refractivity contribution is 7.09. The van der Waals surface area contributed by atoms with E-state index in [0.717, 1.165) is 25.6 Å². The average Bonchev–Trinajstić information content (AvgIpc) is 3.18. The van der Waals surface area contributed by atoms with Crippen molar-refractivity contribution >= 4 is 11.3 Å². The molecule has 1 N–H and O–H groups in total. The predicted octanol–water partition coefficient (Wildman–Crippen LogP) is 3.21. The molecule has 2 saturated heterocycles. The Kier molecular flexibility index (Phi) is 6.45. The zero-order chi connectivity index (χ0) is 16.1. The molecule has 0 spiro atoms. The van der Waals surface area contributed by atoms with Crippen molar-refractivity contribution in [3.8, 4) is 0 Å². The first-order valence-corrected chi connectivity index (χ1v) is 10.1. The summed E-state index contributed by atoms with van der Waals surface area (Å²) >= 11 is 1.76. The number of ether oxygens (including phenoxy) is 1. The van der Waals surface area contributed by atoms with E-state index < -0.39 is 0 Å². The minimum Gasteiger partial charge on any atom is -0.378 e. The van der Waals surface area contributed by atoms with Crippen LogP contribution in [0.2, 0.25) is 0 Å². The van der Waals surface area contributed by atoms with E-state index in [1.54, 1.807) is 11.3 Å². The zero-order valence-corrected chi connectivity index (χ0v) is 15.4. The van der Waals surface area contributed by atoms with Gasteiger partial charge in [0.2, 0.25) is 0 Å². The molecular weight excluding hydrogens is 306 g/mol. The van der Waals surface area contributed by atoms with Gasteiger partial charge in [0.05, 0.1) is 16.8 Å². The molecule has 3 rings (SSSR count). The molecule has 4 nitrogen and oxygen atoms in total. The van der Waals surface area contributed by atoms with Crippen LogP contribution in [0.5, 0.6) is 0 Å². The maximum Gasteiger partial charge on any atom is 0.0897 e. The molecule has 1 aromatic heterocycles. The Balaban J connectivity index is 1.31. The van der Waals surface area contributed by atoms with Crippen LogP contribution in [-0.4, -0.2) is 48.3 Å². The Labute approximate surface area is 144 Å². The Morgan fingerprint density at radius 2 is 2.22 bits per heavy atom. The Morgan fingerprint density at radius 3 is 2.87 bits per heavy atom. The minimum atomic E-state index is 0.501. The van der Waals surface area contributed by atoms with Gasteiger partial charge in [0.1, 0.15) is 0 Å². The average molecular weight is 338 g/mol. The molecule has 0 saturated carbocycles. The van der Waals surface area contributed by atoms with Crippen molar-refractivity contribution in [3.05, 3.63) is 16.1 Å². The number of likely N-dealkylation sites (tertiary alicyclic amines) is 1. The van der Waals surface area contributed by atoms with Gasteiger partial charge in [-0.25, -0.2) is 4.98 Å². The van der Waals surface area contributed by atoms with Crippen molar-refractivity contribution < 1.29 is 4.74 Å². The number of piperidine rings is 1. The Morgan fingerprint density at radius 1 is 1.39 bits per heavy atom. The van der Waals surface area contributed by atoms with Gasteiger partial charge in [-0.05, 0) is 71.5 Å². The lowest BCUT2D eigenvalue weighted by atomic mass is 9.96. The minimum absolute atomic E-state index is 0.501. The molecule has 0 radical (unpaired) electrons. The number of nitrogens with zero attached hydrogens (tertiary/aromatic N) is 2. The molecular formula is C18H31N3OS. The van der Waals surface area contributed by atoms with Gasteiger partial charge in [-0.3, -0.25) is 4.90 Å². The van der Waals surface area contributed by atoms with Crippen molar-refractivity contribution in [2.75, 3.05) is 26.2 Å². The van der Waals surface area contributed by atoms with E-state index in [-0.39, 0.29) is 0 Å². The number of hydrogen-bond donors (Lipinski definition) is 1. The smallest absolute Gasteiger partial charge is 0.0897 e. The lowest BCUT2D eigenvalue weighted by Gasteiger charge is -2.32. The second kappa shape index (κ2) is 8.56. The van der Waals surface area contributed by atoms with Crippen LogP contribution in [-0.2, 0) is 11.3 Å². The van der Waals surface area contributed by atoms with Gasteiger partial charge in [0.25, 0.3) is 0 Å². The molecule has 5 heteroatoms. The third-order valence-electron chi connectivity index (χ3n) is 5.15. The molecule has 2 aliphatic rings. The van der Waals surface area contributed by atoms with Crippen LogP contribution < -0.4 is 5.32 Å². The first-order valence-electron chi connectivity index (χ1n) is 9.17. The molecule has 23 heavy (non-hydrogen) atoms. The van der Waals surface area contributed by atoms with E-state index in [4.69, 9.17) is 4.74 Å². The fourth-order valence-corrected chi connectivity index (χ4v) is 4.34. The van der Waals surface area contributed by atoms with Crippen LogP contribution in [0.25, 0.3) is 0 Å². The maximum absolute atomic E-state index is 5.74. The highest BCUT2D eigenvalue weighted by Gasteiger charge is 2.22. The topological polar surface area (TPSA) is 37.4 Å². The molecule has 2 atom stereocenters. The summed E-state index contributed by atoms with van der Waals surface area (Å²) in [6, 6.07) is 0.578. The van der Waals surface area contributed by atoms with Crippen LogP contribution in [0.15, 0.2) is 5.38 Å². The van der Waals surface area contributed by atoms with Gasteiger partial charge in [-0.2, -0.15) is 0 Å². The normalized spacial score (nSPS) is 25.0. The molecule has 2 fully saturated rings. The highest BCUT2D eigenvalue weighted by Crippen LogP contribution is 2.20. The first kappa shape index (κ1) is 17.3. The van der Waals surface area contributed by atoms with Gasteiger partial charge < -0.3 is 10.1 Å². The van der Waals surface area contributed by atoms with Gasteiger partial charge in [-0.1, -0.05) is 0 Å². The number of nitrogens with one attached hydrogen (secondary N) is 1. The second-order valence-electron chi connectivity index (χ2n) is 7.26. The summed E-state index contributed by atoms with van der Waals surface area (Å²) in [7, 11) is 0. The van der Waals surface area contributed by atoms with E-state index in [1.807, 2.05) is 0 Å². The molecule has 0 amide bonds. The van der Waals surface area contributed by atoms with E-state index in [2.05, 4.69) is 34.4 Å². The summed E-state index contributed by atoms with van der Waals surface area (Å²) in [4.78, 5) is 7.14. The number of rotatable bonds is 7. The summed E-state index contributed by atoms with van der Waals surface area (Å²) in [5, 5.41) is 7.12. The third-order valence-corrected chi connectivity index (χ3v) is 5.98. The quantitative estimate of drug-likeness (QED) is 0.829. The fourth-order valence-electron chi connectivity index (χ4n) is 3.73. The van der Waals surface area contributed by atoms with Gasteiger partial charge >= 0.3 is 0 Å². The van der Waals surface area contributed by atoms with E-state index in [1.165, 1.54) is 55.9 Å². The summed E-state index contributed by atoms with van der Waals surface area (Å²) in [5.74, 6) is 0.829. The molecule has 2 aliphatic heterocycles. The van der Waals surface area contributed by atoms with Crippen molar-refractivity contribution in [2.24, 2.45) is 5.92 Å². The number of aromatic nitrogens is 1. The lowest BCUT2D eigenvalue weighted by Crippen LogP contribution is -2.39. The van der Waals surface area contributed by atoms with E-state index in [9.17, 15) is 0 Å². The van der Waals surface area contributed by atoms with Crippen molar-refractivity contribution in [1.29, 1.82) is 0 Å². The summed E-state index contributed by atoms with van der Waals surface area (Å²) < 4.78 is 5.74. The van der Waals surface area contributed by atoms with Crippen molar-refractivity contribution in [1.82, 2.24) is 15.2 Å². The molecule has 0 bridgehead atoms. The van der Waals surface area contributed by atoms with Crippen LogP contribution >= 0.6 is 11.3 Å². The Hall–Kier alpha value is -0.490. The van der Waals surface area contributed by atoms with Crippen LogP contribution in [0.4, 0.5) is 0 Å². The fraction of sp³-hybridized carbons (Fsp3) is 0.833. The molecule has 0 aromatic carbocycles. The van der Waals surface area contributed by atoms with Gasteiger partial charge in [0, 0.05) is 24.6 Å². The van der Waals surface area contributed by atoms with Gasteiger partial charge in [0.15, 0.2) is 0 Å². The second-order valence-corrected chi connectivity index (χ2v) is 8.32. The summed E-state index contributed by atoms with van der Waals surface area (Å²) in [6.07, 6.45) is 6.78. The molecule has 0 unspecified atom stereocenters. The van der Waals surface area contributed by atoms with E-state index >= 15 is 0 Å².